The zero-order chi connectivity index (χ0) is 14.8. The van der Waals surface area contributed by atoms with Crippen molar-refractivity contribution in [2.45, 2.75) is 19.4 Å². The van der Waals surface area contributed by atoms with Crippen LogP contribution in [0.3, 0.4) is 0 Å². The average molecular weight is 286 g/mol. The molecular formula is C15H14N2O4. The molecule has 1 aromatic carbocycles. The van der Waals surface area contributed by atoms with Gasteiger partial charge in [-0.05, 0) is 24.3 Å². The van der Waals surface area contributed by atoms with E-state index in [0.717, 1.165) is 11.3 Å². The fraction of sp³-hybridized carbons (Fsp3) is 0.267. The molecule has 0 spiro atoms. The van der Waals surface area contributed by atoms with Gasteiger partial charge in [0.25, 0.3) is 0 Å². The fourth-order valence-electron chi connectivity index (χ4n) is 2.24. The third-order valence-corrected chi connectivity index (χ3v) is 3.41. The van der Waals surface area contributed by atoms with Crippen molar-refractivity contribution in [2.24, 2.45) is 0 Å². The molecule has 2 heterocycles. The predicted octanol–water partition coefficient (Wildman–Crippen LogP) is 2.00. The molecule has 1 aromatic heterocycles. The zero-order valence-electron chi connectivity index (χ0n) is 11.5. The molecule has 0 saturated carbocycles. The SMILES string of the molecule is COc1ccc(-c2cc(CN3C(=O)CCC3=O)on2)cc1. The van der Waals surface area contributed by atoms with Gasteiger partial charge in [-0.2, -0.15) is 0 Å². The van der Waals surface area contributed by atoms with Crippen molar-refractivity contribution >= 4 is 11.8 Å². The molecule has 0 unspecified atom stereocenters. The summed E-state index contributed by atoms with van der Waals surface area (Å²) >= 11 is 0. The molecule has 0 bridgehead atoms. The van der Waals surface area contributed by atoms with E-state index in [2.05, 4.69) is 5.16 Å². The predicted molar refractivity (Wildman–Crippen MR) is 73.3 cm³/mol. The van der Waals surface area contributed by atoms with Crippen LogP contribution in [0.15, 0.2) is 34.9 Å². The Morgan fingerprint density at radius 3 is 2.48 bits per heavy atom. The van der Waals surface area contributed by atoms with E-state index in [1.54, 1.807) is 13.2 Å². The number of hydrogen-bond acceptors (Lipinski definition) is 5. The molecule has 0 radical (unpaired) electrons. The summed E-state index contributed by atoms with van der Waals surface area (Å²) in [6.07, 6.45) is 0.552. The Bertz CT molecular complexity index is 659. The lowest BCUT2D eigenvalue weighted by Gasteiger charge is -2.10. The van der Waals surface area contributed by atoms with Crippen molar-refractivity contribution in [2.75, 3.05) is 7.11 Å². The van der Waals surface area contributed by atoms with E-state index in [1.807, 2.05) is 24.3 Å². The Balaban J connectivity index is 1.76. The highest BCUT2D eigenvalue weighted by Gasteiger charge is 2.29. The summed E-state index contributed by atoms with van der Waals surface area (Å²) < 4.78 is 10.3. The van der Waals surface area contributed by atoms with Gasteiger partial charge in [0.05, 0.1) is 13.7 Å². The van der Waals surface area contributed by atoms with Gasteiger partial charge in [-0.3, -0.25) is 14.5 Å². The molecule has 3 rings (SSSR count). The Morgan fingerprint density at radius 2 is 1.86 bits per heavy atom. The molecule has 21 heavy (non-hydrogen) atoms. The van der Waals surface area contributed by atoms with Gasteiger partial charge < -0.3 is 9.26 Å². The maximum absolute atomic E-state index is 11.6. The first kappa shape index (κ1) is 13.4. The second-order valence-corrected chi connectivity index (χ2v) is 4.78. The van der Waals surface area contributed by atoms with Crippen molar-refractivity contribution in [1.82, 2.24) is 10.1 Å². The lowest BCUT2D eigenvalue weighted by molar-refractivity contribution is -0.139. The monoisotopic (exact) mass is 286 g/mol. The Hall–Kier alpha value is -2.63. The number of nitrogens with zero attached hydrogens (tertiary/aromatic N) is 2. The fourth-order valence-corrected chi connectivity index (χ4v) is 2.24. The van der Waals surface area contributed by atoms with Crippen LogP contribution in [0.1, 0.15) is 18.6 Å². The number of amides is 2. The van der Waals surface area contributed by atoms with Crippen LogP contribution in [-0.4, -0.2) is 29.0 Å². The normalized spacial score (nSPS) is 14.8. The first-order valence-corrected chi connectivity index (χ1v) is 6.60. The third kappa shape index (κ3) is 2.65. The van der Waals surface area contributed by atoms with Crippen LogP contribution in [-0.2, 0) is 16.1 Å². The summed E-state index contributed by atoms with van der Waals surface area (Å²) in [7, 11) is 1.60. The van der Waals surface area contributed by atoms with Crippen molar-refractivity contribution < 1.29 is 18.8 Å². The number of hydrogen-bond donors (Lipinski definition) is 0. The van der Waals surface area contributed by atoms with Crippen molar-refractivity contribution in [3.05, 3.63) is 36.1 Å². The highest BCUT2D eigenvalue weighted by Crippen LogP contribution is 2.23. The molecule has 1 saturated heterocycles. The highest BCUT2D eigenvalue weighted by atomic mass is 16.5. The van der Waals surface area contributed by atoms with E-state index in [0.29, 0.717) is 11.5 Å². The van der Waals surface area contributed by atoms with Crippen LogP contribution in [0, 0.1) is 0 Å². The summed E-state index contributed by atoms with van der Waals surface area (Å²) in [6.45, 7) is 0.140. The summed E-state index contributed by atoms with van der Waals surface area (Å²) in [6, 6.07) is 9.13. The van der Waals surface area contributed by atoms with Gasteiger partial charge in [0.2, 0.25) is 11.8 Å². The number of rotatable bonds is 4. The lowest BCUT2D eigenvalue weighted by Crippen LogP contribution is -2.28. The van der Waals surface area contributed by atoms with Gasteiger partial charge in [0, 0.05) is 24.5 Å². The van der Waals surface area contributed by atoms with Crippen molar-refractivity contribution in [1.29, 1.82) is 0 Å². The Labute approximate surface area is 121 Å². The van der Waals surface area contributed by atoms with Crippen LogP contribution >= 0.6 is 0 Å². The first-order chi connectivity index (χ1) is 10.2. The topological polar surface area (TPSA) is 72.6 Å². The average Bonchev–Trinajstić information content (AvgIpc) is 3.10. The van der Waals surface area contributed by atoms with Crippen molar-refractivity contribution in [3.8, 4) is 17.0 Å². The standard InChI is InChI=1S/C15H14N2O4/c1-20-11-4-2-10(3-5-11)13-8-12(21-16-13)9-17-14(18)6-7-15(17)19/h2-5,8H,6-7,9H2,1H3. The van der Waals surface area contributed by atoms with E-state index in [4.69, 9.17) is 9.26 Å². The summed E-state index contributed by atoms with van der Waals surface area (Å²) in [4.78, 5) is 24.3. The van der Waals surface area contributed by atoms with Gasteiger partial charge in [0.15, 0.2) is 5.76 Å². The van der Waals surface area contributed by atoms with E-state index in [1.165, 1.54) is 4.90 Å². The third-order valence-electron chi connectivity index (χ3n) is 3.41. The summed E-state index contributed by atoms with van der Waals surface area (Å²) in [5.74, 6) is 0.921. The molecule has 0 N–H and O–H groups in total. The Kier molecular flexibility index (Phi) is 3.43. The molecule has 2 amide bonds. The number of imide groups is 1. The minimum atomic E-state index is -0.164. The van der Waals surface area contributed by atoms with E-state index >= 15 is 0 Å². The molecule has 108 valence electrons. The maximum Gasteiger partial charge on any atom is 0.230 e. The van der Waals surface area contributed by atoms with Crippen molar-refractivity contribution in [3.63, 3.8) is 0 Å². The summed E-state index contributed by atoms with van der Waals surface area (Å²) in [5, 5.41) is 3.97. The first-order valence-electron chi connectivity index (χ1n) is 6.60. The number of carbonyl (C=O) groups excluding carboxylic acids is 2. The Morgan fingerprint density at radius 1 is 1.19 bits per heavy atom. The number of methoxy groups -OCH3 is 1. The number of aromatic nitrogens is 1. The largest absolute Gasteiger partial charge is 0.497 e. The molecule has 1 aliphatic rings. The van der Waals surface area contributed by atoms with E-state index in [-0.39, 0.29) is 31.2 Å². The summed E-state index contributed by atoms with van der Waals surface area (Å²) in [5.41, 5.74) is 1.54. The minimum absolute atomic E-state index is 0.140. The lowest BCUT2D eigenvalue weighted by atomic mass is 10.1. The number of likely N-dealkylation sites (tertiary alicyclic amines) is 1. The van der Waals surface area contributed by atoms with Gasteiger partial charge in [0.1, 0.15) is 11.4 Å². The van der Waals surface area contributed by atoms with Gasteiger partial charge in [-0.1, -0.05) is 5.16 Å². The molecule has 2 aromatic rings. The van der Waals surface area contributed by atoms with Crippen LogP contribution < -0.4 is 4.74 Å². The van der Waals surface area contributed by atoms with Crippen LogP contribution in [0.5, 0.6) is 5.75 Å². The molecular weight excluding hydrogens is 272 g/mol. The van der Waals surface area contributed by atoms with Gasteiger partial charge >= 0.3 is 0 Å². The van der Waals surface area contributed by atoms with E-state index in [9.17, 15) is 9.59 Å². The molecule has 6 nitrogen and oxygen atoms in total. The highest BCUT2D eigenvalue weighted by molar-refractivity contribution is 6.01. The van der Waals surface area contributed by atoms with Crippen LogP contribution in [0.25, 0.3) is 11.3 Å². The molecule has 1 aliphatic heterocycles. The zero-order valence-corrected chi connectivity index (χ0v) is 11.5. The van der Waals surface area contributed by atoms with Gasteiger partial charge in [-0.15, -0.1) is 0 Å². The number of benzene rings is 1. The smallest absolute Gasteiger partial charge is 0.230 e. The maximum atomic E-state index is 11.6. The molecule has 1 fully saturated rings. The quantitative estimate of drug-likeness (QED) is 0.804. The second-order valence-electron chi connectivity index (χ2n) is 4.78. The molecule has 0 aliphatic carbocycles. The second kappa shape index (κ2) is 5.40. The van der Waals surface area contributed by atoms with Crippen LogP contribution in [0.4, 0.5) is 0 Å². The number of ether oxygens (including phenoxy) is 1. The molecule has 0 atom stereocenters. The number of carbonyl (C=O) groups is 2. The van der Waals surface area contributed by atoms with E-state index < -0.39 is 0 Å². The molecule has 6 heteroatoms. The van der Waals surface area contributed by atoms with Crippen LogP contribution in [0.2, 0.25) is 0 Å². The van der Waals surface area contributed by atoms with Gasteiger partial charge in [-0.25, -0.2) is 0 Å². The minimum Gasteiger partial charge on any atom is -0.497 e.